The van der Waals surface area contributed by atoms with E-state index < -0.39 is 0 Å². The summed E-state index contributed by atoms with van der Waals surface area (Å²) in [6, 6.07) is 7.54. The number of nitrogens with zero attached hydrogens (tertiary/aromatic N) is 2. The number of nitrogens with one attached hydrogen (secondary N) is 1. The third-order valence-corrected chi connectivity index (χ3v) is 3.10. The van der Waals surface area contributed by atoms with Gasteiger partial charge in [-0.1, -0.05) is 6.07 Å². The Balaban J connectivity index is 2.35. The van der Waals surface area contributed by atoms with Gasteiger partial charge >= 0.3 is 0 Å². The summed E-state index contributed by atoms with van der Waals surface area (Å²) in [5.74, 6) is 7.15. The monoisotopic (exact) mass is 290 g/mol. The molecule has 2 aromatic rings. The highest BCUT2D eigenvalue weighted by Crippen LogP contribution is 2.32. The van der Waals surface area contributed by atoms with E-state index in [-0.39, 0.29) is 6.04 Å². The van der Waals surface area contributed by atoms with Gasteiger partial charge in [-0.2, -0.15) is 5.10 Å². The second-order valence-corrected chi connectivity index (χ2v) is 4.59. The average Bonchev–Trinajstić information content (AvgIpc) is 2.89. The zero-order chi connectivity index (χ0) is 15.2. The first-order chi connectivity index (χ1) is 10.2. The molecule has 0 aliphatic heterocycles. The molecule has 0 aliphatic rings. The summed E-state index contributed by atoms with van der Waals surface area (Å²) in [4.78, 5) is 0. The van der Waals surface area contributed by atoms with Crippen molar-refractivity contribution in [1.82, 2.24) is 15.2 Å². The largest absolute Gasteiger partial charge is 0.490 e. The summed E-state index contributed by atoms with van der Waals surface area (Å²) < 4.78 is 13.0. The topological polar surface area (TPSA) is 74.3 Å². The van der Waals surface area contributed by atoms with E-state index in [2.05, 4.69) is 10.5 Å². The average molecular weight is 290 g/mol. The normalized spacial score (nSPS) is 12.2. The summed E-state index contributed by atoms with van der Waals surface area (Å²) in [6.07, 6.45) is 1.89. The van der Waals surface area contributed by atoms with E-state index in [0.29, 0.717) is 19.0 Å². The van der Waals surface area contributed by atoms with Crippen LogP contribution in [0.15, 0.2) is 30.5 Å². The Morgan fingerprint density at radius 1 is 1.19 bits per heavy atom. The van der Waals surface area contributed by atoms with Gasteiger partial charge in [-0.15, -0.1) is 0 Å². The van der Waals surface area contributed by atoms with Crippen molar-refractivity contribution in [2.75, 3.05) is 13.2 Å². The Kier molecular flexibility index (Phi) is 5.19. The van der Waals surface area contributed by atoms with Gasteiger partial charge in [0.15, 0.2) is 11.5 Å². The Morgan fingerprint density at radius 3 is 2.48 bits per heavy atom. The van der Waals surface area contributed by atoms with Crippen LogP contribution in [-0.2, 0) is 7.05 Å². The van der Waals surface area contributed by atoms with Crippen LogP contribution in [0.25, 0.3) is 0 Å². The lowest BCUT2D eigenvalue weighted by Crippen LogP contribution is -2.29. The van der Waals surface area contributed by atoms with E-state index in [4.69, 9.17) is 15.3 Å². The van der Waals surface area contributed by atoms with Gasteiger partial charge < -0.3 is 9.47 Å². The molecule has 21 heavy (non-hydrogen) atoms. The number of hydrazine groups is 1. The van der Waals surface area contributed by atoms with Gasteiger partial charge in [0.05, 0.1) is 24.9 Å². The second kappa shape index (κ2) is 7.10. The highest BCUT2D eigenvalue weighted by atomic mass is 16.5. The maximum atomic E-state index is 5.70. The highest BCUT2D eigenvalue weighted by molar-refractivity contribution is 5.45. The minimum Gasteiger partial charge on any atom is -0.490 e. The Hall–Kier alpha value is -2.05. The molecule has 1 aromatic carbocycles. The standard InChI is InChI=1S/C15H22N4O2/c1-4-20-13-7-6-11(10-14(13)21-5-2)15(17-16)12-8-9-19(3)18-12/h6-10,15,17H,4-5,16H2,1-3H3. The van der Waals surface area contributed by atoms with Crippen LogP contribution in [0.3, 0.4) is 0 Å². The molecule has 1 atom stereocenters. The number of hydrogen-bond acceptors (Lipinski definition) is 5. The number of hydrogen-bond donors (Lipinski definition) is 2. The first-order valence-electron chi connectivity index (χ1n) is 7.04. The molecule has 1 aromatic heterocycles. The lowest BCUT2D eigenvalue weighted by Gasteiger charge is -2.17. The number of benzene rings is 1. The lowest BCUT2D eigenvalue weighted by atomic mass is 10.0. The molecule has 0 aliphatic carbocycles. The summed E-state index contributed by atoms with van der Waals surface area (Å²) in [6.45, 7) is 5.06. The molecule has 0 amide bonds. The van der Waals surface area contributed by atoms with Crippen molar-refractivity contribution in [2.24, 2.45) is 12.9 Å². The zero-order valence-corrected chi connectivity index (χ0v) is 12.7. The molecule has 0 spiro atoms. The van der Waals surface area contributed by atoms with Crippen molar-refractivity contribution in [3.8, 4) is 11.5 Å². The number of rotatable bonds is 7. The fraction of sp³-hybridized carbons (Fsp3) is 0.400. The van der Waals surface area contributed by atoms with Crippen molar-refractivity contribution in [2.45, 2.75) is 19.9 Å². The molecule has 0 saturated heterocycles. The summed E-state index contributed by atoms with van der Waals surface area (Å²) in [5, 5.41) is 4.39. The smallest absolute Gasteiger partial charge is 0.161 e. The molecule has 0 bridgehead atoms. The molecule has 0 fully saturated rings. The third-order valence-electron chi connectivity index (χ3n) is 3.10. The molecule has 1 heterocycles. The number of aryl methyl sites for hydroxylation is 1. The SMILES string of the molecule is CCOc1ccc(C(NN)c2ccn(C)n2)cc1OCC. The maximum Gasteiger partial charge on any atom is 0.161 e. The third kappa shape index (κ3) is 3.53. The summed E-state index contributed by atoms with van der Waals surface area (Å²) in [5.41, 5.74) is 4.62. The predicted octanol–water partition coefficient (Wildman–Crippen LogP) is 1.77. The molecule has 1 unspecified atom stereocenters. The van der Waals surface area contributed by atoms with Crippen LogP contribution in [0.5, 0.6) is 11.5 Å². The van der Waals surface area contributed by atoms with Gasteiger partial charge in [-0.3, -0.25) is 10.5 Å². The van der Waals surface area contributed by atoms with Crippen molar-refractivity contribution < 1.29 is 9.47 Å². The van der Waals surface area contributed by atoms with Gasteiger partial charge in [-0.05, 0) is 37.6 Å². The van der Waals surface area contributed by atoms with E-state index in [1.807, 2.05) is 51.4 Å². The Morgan fingerprint density at radius 2 is 1.90 bits per heavy atom. The van der Waals surface area contributed by atoms with Gasteiger partial charge in [0, 0.05) is 13.2 Å². The number of nitrogens with two attached hydrogens (primary N) is 1. The van der Waals surface area contributed by atoms with Crippen LogP contribution >= 0.6 is 0 Å². The Labute approximate surface area is 124 Å². The molecule has 6 nitrogen and oxygen atoms in total. The van der Waals surface area contributed by atoms with E-state index in [0.717, 1.165) is 17.0 Å². The summed E-state index contributed by atoms with van der Waals surface area (Å²) in [7, 11) is 1.88. The lowest BCUT2D eigenvalue weighted by molar-refractivity contribution is 0.287. The van der Waals surface area contributed by atoms with Crippen LogP contribution in [0.4, 0.5) is 0 Å². The Bertz CT molecular complexity index is 583. The van der Waals surface area contributed by atoms with E-state index in [1.54, 1.807) is 4.68 Å². The minimum atomic E-state index is -0.193. The van der Waals surface area contributed by atoms with Crippen LogP contribution in [-0.4, -0.2) is 23.0 Å². The van der Waals surface area contributed by atoms with E-state index in [9.17, 15) is 0 Å². The van der Waals surface area contributed by atoms with E-state index >= 15 is 0 Å². The van der Waals surface area contributed by atoms with Crippen LogP contribution in [0, 0.1) is 0 Å². The number of aromatic nitrogens is 2. The van der Waals surface area contributed by atoms with Gasteiger partial charge in [0.25, 0.3) is 0 Å². The fourth-order valence-corrected chi connectivity index (χ4v) is 2.19. The van der Waals surface area contributed by atoms with Crippen LogP contribution < -0.4 is 20.7 Å². The highest BCUT2D eigenvalue weighted by Gasteiger charge is 2.17. The summed E-state index contributed by atoms with van der Waals surface area (Å²) >= 11 is 0. The van der Waals surface area contributed by atoms with Gasteiger partial charge in [0.1, 0.15) is 0 Å². The predicted molar refractivity (Wildman–Crippen MR) is 81.2 cm³/mol. The minimum absolute atomic E-state index is 0.193. The van der Waals surface area contributed by atoms with Crippen molar-refractivity contribution in [3.63, 3.8) is 0 Å². The molecule has 6 heteroatoms. The van der Waals surface area contributed by atoms with Crippen molar-refractivity contribution >= 4 is 0 Å². The van der Waals surface area contributed by atoms with Crippen molar-refractivity contribution in [1.29, 1.82) is 0 Å². The van der Waals surface area contributed by atoms with Crippen molar-refractivity contribution in [3.05, 3.63) is 41.7 Å². The molecule has 114 valence electrons. The van der Waals surface area contributed by atoms with Gasteiger partial charge in [-0.25, -0.2) is 5.43 Å². The quantitative estimate of drug-likeness (QED) is 0.600. The fourth-order valence-electron chi connectivity index (χ4n) is 2.19. The first kappa shape index (κ1) is 15.3. The zero-order valence-electron chi connectivity index (χ0n) is 12.7. The molecule has 2 rings (SSSR count). The molecule has 3 N–H and O–H groups in total. The molecular formula is C15H22N4O2. The first-order valence-corrected chi connectivity index (χ1v) is 7.04. The molecule has 0 radical (unpaired) electrons. The second-order valence-electron chi connectivity index (χ2n) is 4.59. The van der Waals surface area contributed by atoms with Gasteiger partial charge in [0.2, 0.25) is 0 Å². The van der Waals surface area contributed by atoms with Crippen LogP contribution in [0.1, 0.15) is 31.1 Å². The van der Waals surface area contributed by atoms with E-state index in [1.165, 1.54) is 0 Å². The molecular weight excluding hydrogens is 268 g/mol. The maximum absolute atomic E-state index is 5.70. The number of ether oxygens (including phenoxy) is 2. The van der Waals surface area contributed by atoms with Crippen LogP contribution in [0.2, 0.25) is 0 Å². The molecule has 0 saturated carbocycles.